The maximum atomic E-state index is 11.3. The molecule has 4 nitrogen and oxygen atoms in total. The Kier molecular flexibility index (Phi) is 3.04. The average Bonchev–Trinajstić information content (AvgIpc) is 2.06. The highest BCUT2D eigenvalue weighted by Gasteiger charge is 2.23. The minimum atomic E-state index is -1.12. The van der Waals surface area contributed by atoms with Gasteiger partial charge in [0.1, 0.15) is 5.69 Å². The lowest BCUT2D eigenvalue weighted by molar-refractivity contribution is 0.0687. The minimum absolute atomic E-state index is 0.0456. The molecule has 0 unspecified atom stereocenters. The van der Waals surface area contributed by atoms with Gasteiger partial charge in [-0.2, -0.15) is 0 Å². The van der Waals surface area contributed by atoms with E-state index < -0.39 is 11.5 Å². The standard InChI is InChI=1S/C10H12BrNO3/c1-10(2,3)5-4-6(11)8(13)12-7(5)9(14)15/h4H,1-3H3,(H,12,13)(H,14,15). The van der Waals surface area contributed by atoms with Crippen LogP contribution < -0.4 is 5.56 Å². The molecule has 1 aromatic heterocycles. The zero-order valence-corrected chi connectivity index (χ0v) is 10.3. The predicted octanol–water partition coefficient (Wildman–Crippen LogP) is 2.13. The van der Waals surface area contributed by atoms with Crippen molar-refractivity contribution in [2.75, 3.05) is 0 Å². The number of carbonyl (C=O) groups is 1. The second-order valence-electron chi connectivity index (χ2n) is 4.29. The molecule has 0 saturated carbocycles. The number of hydrogen-bond donors (Lipinski definition) is 2. The summed E-state index contributed by atoms with van der Waals surface area (Å²) in [4.78, 5) is 24.6. The Morgan fingerprint density at radius 1 is 1.47 bits per heavy atom. The molecule has 15 heavy (non-hydrogen) atoms. The number of carboxylic acids is 1. The maximum Gasteiger partial charge on any atom is 0.352 e. The van der Waals surface area contributed by atoms with Crippen LogP contribution in [0.2, 0.25) is 0 Å². The van der Waals surface area contributed by atoms with Crippen molar-refractivity contribution in [3.8, 4) is 0 Å². The Bertz CT molecular complexity index is 457. The number of H-pyrrole nitrogens is 1. The lowest BCUT2D eigenvalue weighted by atomic mass is 9.86. The number of halogens is 1. The van der Waals surface area contributed by atoms with Crippen LogP contribution in [-0.2, 0) is 5.41 Å². The molecule has 0 amide bonds. The van der Waals surface area contributed by atoms with E-state index in [-0.39, 0.29) is 11.1 Å². The van der Waals surface area contributed by atoms with Crippen LogP contribution in [0.15, 0.2) is 15.3 Å². The van der Waals surface area contributed by atoms with Gasteiger partial charge in [-0.3, -0.25) is 4.79 Å². The van der Waals surface area contributed by atoms with Crippen molar-refractivity contribution in [3.63, 3.8) is 0 Å². The molecule has 0 fully saturated rings. The first kappa shape index (κ1) is 12.0. The van der Waals surface area contributed by atoms with Gasteiger partial charge in [0, 0.05) is 0 Å². The van der Waals surface area contributed by atoms with Crippen molar-refractivity contribution in [1.29, 1.82) is 0 Å². The average molecular weight is 274 g/mol. The molecule has 82 valence electrons. The van der Waals surface area contributed by atoms with E-state index in [0.29, 0.717) is 10.0 Å². The molecule has 0 aliphatic heterocycles. The van der Waals surface area contributed by atoms with Crippen molar-refractivity contribution in [1.82, 2.24) is 4.98 Å². The van der Waals surface area contributed by atoms with Crippen molar-refractivity contribution >= 4 is 21.9 Å². The summed E-state index contributed by atoms with van der Waals surface area (Å²) in [5.41, 5.74) is -0.210. The topological polar surface area (TPSA) is 70.2 Å². The molecule has 0 atom stereocenters. The van der Waals surface area contributed by atoms with E-state index in [2.05, 4.69) is 20.9 Å². The van der Waals surface area contributed by atoms with Gasteiger partial charge >= 0.3 is 5.97 Å². The Balaban J connectivity index is 3.56. The van der Waals surface area contributed by atoms with Gasteiger partial charge in [-0.15, -0.1) is 0 Å². The molecule has 0 aromatic carbocycles. The van der Waals surface area contributed by atoms with Crippen LogP contribution >= 0.6 is 15.9 Å². The Labute approximate surface area is 95.5 Å². The van der Waals surface area contributed by atoms with Crippen LogP contribution in [0.3, 0.4) is 0 Å². The fourth-order valence-electron chi connectivity index (χ4n) is 1.27. The van der Waals surface area contributed by atoms with Crippen molar-refractivity contribution < 1.29 is 9.90 Å². The first-order chi connectivity index (χ1) is 6.73. The van der Waals surface area contributed by atoms with Gasteiger partial charge < -0.3 is 10.1 Å². The lowest BCUT2D eigenvalue weighted by Gasteiger charge is -2.20. The third kappa shape index (κ3) is 2.47. The van der Waals surface area contributed by atoms with Gasteiger partial charge in [0.15, 0.2) is 0 Å². The highest BCUT2D eigenvalue weighted by atomic mass is 79.9. The molecule has 0 bridgehead atoms. The number of pyridine rings is 1. The maximum absolute atomic E-state index is 11.3. The molecule has 0 saturated heterocycles. The van der Waals surface area contributed by atoms with Gasteiger partial charge in [-0.05, 0) is 33.0 Å². The molecule has 1 aromatic rings. The number of nitrogens with one attached hydrogen (secondary N) is 1. The number of aromatic nitrogens is 1. The number of rotatable bonds is 1. The highest BCUT2D eigenvalue weighted by molar-refractivity contribution is 9.10. The van der Waals surface area contributed by atoms with E-state index in [4.69, 9.17) is 5.11 Å². The second-order valence-corrected chi connectivity index (χ2v) is 5.14. The Hall–Kier alpha value is -1.10. The van der Waals surface area contributed by atoms with Crippen molar-refractivity contribution in [2.45, 2.75) is 26.2 Å². The molecular weight excluding hydrogens is 262 g/mol. The van der Waals surface area contributed by atoms with Gasteiger partial charge in [0.05, 0.1) is 4.47 Å². The number of hydrogen-bond acceptors (Lipinski definition) is 2. The summed E-state index contributed by atoms with van der Waals surface area (Å²) in [7, 11) is 0. The van der Waals surface area contributed by atoms with Crippen molar-refractivity contribution in [3.05, 3.63) is 32.2 Å². The number of carboxylic acid groups (broad SMARTS) is 1. The predicted molar refractivity (Wildman–Crippen MR) is 60.4 cm³/mol. The fraction of sp³-hybridized carbons (Fsp3) is 0.400. The van der Waals surface area contributed by atoms with Crippen molar-refractivity contribution in [2.24, 2.45) is 0 Å². The molecule has 0 spiro atoms. The normalized spacial score (nSPS) is 11.5. The van der Waals surface area contributed by atoms with E-state index >= 15 is 0 Å². The summed E-state index contributed by atoms with van der Waals surface area (Å²) in [6.07, 6.45) is 0. The molecule has 0 aliphatic rings. The third-order valence-electron chi connectivity index (χ3n) is 2.02. The minimum Gasteiger partial charge on any atom is -0.477 e. The van der Waals surface area contributed by atoms with E-state index in [9.17, 15) is 9.59 Å². The molecule has 0 aliphatic carbocycles. The number of aromatic amines is 1. The quantitative estimate of drug-likeness (QED) is 0.824. The third-order valence-corrected chi connectivity index (χ3v) is 2.61. The summed E-state index contributed by atoms with van der Waals surface area (Å²) >= 11 is 3.09. The van der Waals surface area contributed by atoms with Gasteiger partial charge in [-0.1, -0.05) is 20.8 Å². The summed E-state index contributed by atoms with van der Waals surface area (Å²) < 4.78 is 0.345. The second kappa shape index (κ2) is 3.81. The molecule has 2 N–H and O–H groups in total. The van der Waals surface area contributed by atoms with Crippen LogP contribution in [-0.4, -0.2) is 16.1 Å². The van der Waals surface area contributed by atoms with Gasteiger partial charge in [0.25, 0.3) is 5.56 Å². The summed E-state index contributed by atoms with van der Waals surface area (Å²) in [5.74, 6) is -1.12. The van der Waals surface area contributed by atoms with Crippen LogP contribution in [0.5, 0.6) is 0 Å². The summed E-state index contributed by atoms with van der Waals surface area (Å²) in [6, 6.07) is 1.56. The zero-order chi connectivity index (χ0) is 11.8. The molecular formula is C10H12BrNO3. The van der Waals surface area contributed by atoms with Crippen LogP contribution in [0.25, 0.3) is 0 Å². The monoisotopic (exact) mass is 273 g/mol. The summed E-state index contributed by atoms with van der Waals surface area (Å²) in [6.45, 7) is 5.67. The molecule has 5 heteroatoms. The first-order valence-electron chi connectivity index (χ1n) is 4.40. The first-order valence-corrected chi connectivity index (χ1v) is 5.19. The van der Waals surface area contributed by atoms with E-state index in [1.165, 1.54) is 0 Å². The van der Waals surface area contributed by atoms with E-state index in [0.717, 1.165) is 0 Å². The molecule has 1 rings (SSSR count). The SMILES string of the molecule is CC(C)(C)c1cc(Br)c(=O)[nH]c1C(=O)O. The lowest BCUT2D eigenvalue weighted by Crippen LogP contribution is -2.23. The van der Waals surface area contributed by atoms with Gasteiger partial charge in [-0.25, -0.2) is 4.79 Å². The largest absolute Gasteiger partial charge is 0.477 e. The van der Waals surface area contributed by atoms with Crippen LogP contribution in [0.4, 0.5) is 0 Å². The van der Waals surface area contributed by atoms with Crippen LogP contribution in [0.1, 0.15) is 36.8 Å². The number of aromatic carboxylic acids is 1. The molecule has 0 radical (unpaired) electrons. The van der Waals surface area contributed by atoms with Crippen LogP contribution in [0, 0.1) is 0 Å². The summed E-state index contributed by atoms with van der Waals surface area (Å²) in [5, 5.41) is 8.96. The smallest absolute Gasteiger partial charge is 0.352 e. The van der Waals surface area contributed by atoms with E-state index in [1.54, 1.807) is 6.07 Å². The Morgan fingerprint density at radius 2 is 2.00 bits per heavy atom. The van der Waals surface area contributed by atoms with Gasteiger partial charge in [0.2, 0.25) is 0 Å². The Morgan fingerprint density at radius 3 is 2.40 bits per heavy atom. The zero-order valence-electron chi connectivity index (χ0n) is 8.72. The molecule has 1 heterocycles. The van der Waals surface area contributed by atoms with E-state index in [1.807, 2.05) is 20.8 Å². The fourth-order valence-corrected chi connectivity index (χ4v) is 1.59. The highest BCUT2D eigenvalue weighted by Crippen LogP contribution is 2.25.